The number of hydrogen-bond donors (Lipinski definition) is 1. The lowest BCUT2D eigenvalue weighted by molar-refractivity contribution is -0.125. The van der Waals surface area contributed by atoms with Crippen molar-refractivity contribution < 1.29 is 14.1 Å². The molecule has 0 saturated carbocycles. The molecule has 0 aliphatic carbocycles. The lowest BCUT2D eigenvalue weighted by atomic mass is 10.1. The van der Waals surface area contributed by atoms with E-state index >= 15 is 0 Å². The zero-order valence-electron chi connectivity index (χ0n) is 15.7. The van der Waals surface area contributed by atoms with Crippen LogP contribution in [0, 0.1) is 5.92 Å². The second-order valence-corrected chi connectivity index (χ2v) is 7.95. The van der Waals surface area contributed by atoms with Crippen molar-refractivity contribution in [2.45, 2.75) is 19.9 Å². The third-order valence-corrected chi connectivity index (χ3v) is 5.83. The number of thiophene rings is 1. The van der Waals surface area contributed by atoms with E-state index in [0.717, 1.165) is 11.1 Å². The number of nitrogens with zero attached hydrogens (tertiary/aromatic N) is 2. The lowest BCUT2D eigenvalue weighted by Crippen LogP contribution is -2.40. The Labute approximate surface area is 166 Å². The van der Waals surface area contributed by atoms with E-state index < -0.39 is 0 Å². The summed E-state index contributed by atoms with van der Waals surface area (Å²) in [5, 5.41) is 11.6. The highest BCUT2D eigenvalue weighted by atomic mass is 32.1. The van der Waals surface area contributed by atoms with Gasteiger partial charge < -0.3 is 14.7 Å². The maximum atomic E-state index is 12.7. The predicted molar refractivity (Wildman–Crippen MR) is 109 cm³/mol. The third-order valence-electron chi connectivity index (χ3n) is 5.15. The second-order valence-electron chi connectivity index (χ2n) is 7.17. The van der Waals surface area contributed by atoms with Gasteiger partial charge in [-0.3, -0.25) is 9.59 Å². The number of fused-ring (bicyclic) bond motifs is 1. The number of benzene rings is 1. The van der Waals surface area contributed by atoms with Crippen LogP contribution in [0.15, 0.2) is 51.7 Å². The number of likely N-dealkylation sites (tertiary alicyclic amines) is 1. The molecule has 0 unspecified atom stereocenters. The lowest BCUT2D eigenvalue weighted by Gasteiger charge is -2.16. The Balaban J connectivity index is 1.43. The van der Waals surface area contributed by atoms with Gasteiger partial charge in [0, 0.05) is 19.2 Å². The summed E-state index contributed by atoms with van der Waals surface area (Å²) in [7, 11) is 0. The second kappa shape index (κ2) is 7.59. The molecule has 0 radical (unpaired) electrons. The van der Waals surface area contributed by atoms with Crippen LogP contribution in [0.3, 0.4) is 0 Å². The number of carbonyl (C=O) groups excluding carboxylic acids is 2. The molecule has 2 aromatic heterocycles. The third kappa shape index (κ3) is 3.57. The Morgan fingerprint density at radius 3 is 2.89 bits per heavy atom. The molecule has 6 nitrogen and oxygen atoms in total. The molecular formula is C21H21N3O3S. The molecule has 1 fully saturated rings. The number of amides is 2. The summed E-state index contributed by atoms with van der Waals surface area (Å²) in [6, 6.07) is 9.18. The van der Waals surface area contributed by atoms with Crippen molar-refractivity contribution in [3.8, 4) is 0 Å². The highest BCUT2D eigenvalue weighted by molar-refractivity contribution is 7.08. The number of rotatable bonds is 4. The van der Waals surface area contributed by atoms with Crippen molar-refractivity contribution in [2.75, 3.05) is 13.1 Å². The molecule has 1 N–H and O–H groups in total. The summed E-state index contributed by atoms with van der Waals surface area (Å²) < 4.78 is 5.24. The van der Waals surface area contributed by atoms with Crippen LogP contribution < -0.4 is 5.32 Å². The molecule has 1 aromatic carbocycles. The van der Waals surface area contributed by atoms with Crippen molar-refractivity contribution in [2.24, 2.45) is 5.92 Å². The fourth-order valence-electron chi connectivity index (χ4n) is 3.47. The Morgan fingerprint density at radius 1 is 1.29 bits per heavy atom. The average molecular weight is 395 g/mol. The van der Waals surface area contributed by atoms with Gasteiger partial charge in [0.1, 0.15) is 5.52 Å². The van der Waals surface area contributed by atoms with Gasteiger partial charge in [-0.25, -0.2) is 0 Å². The van der Waals surface area contributed by atoms with Crippen LogP contribution >= 0.6 is 11.3 Å². The van der Waals surface area contributed by atoms with Crippen LogP contribution in [0.2, 0.25) is 0 Å². The minimum atomic E-state index is -0.301. The average Bonchev–Trinajstić information content (AvgIpc) is 3.41. The summed E-state index contributed by atoms with van der Waals surface area (Å²) >= 11 is 1.61. The van der Waals surface area contributed by atoms with Crippen LogP contribution in [-0.4, -0.2) is 41.0 Å². The first kappa shape index (κ1) is 18.4. The van der Waals surface area contributed by atoms with Gasteiger partial charge in [-0.1, -0.05) is 24.2 Å². The molecule has 1 aliphatic rings. The van der Waals surface area contributed by atoms with Gasteiger partial charge in [-0.2, -0.15) is 11.3 Å². The van der Waals surface area contributed by atoms with E-state index in [4.69, 9.17) is 4.52 Å². The molecule has 2 amide bonds. The molecule has 2 atom stereocenters. The minimum Gasteiger partial charge on any atom is -0.350 e. The standard InChI is InChI=1S/C21H21N3O3S/c1-13(15-7-8-28-12-15)9-19(25)24-10-14(2)18(11-24)22-21(26)20-16-5-3-4-6-17(16)23-27-20/h3-9,12,14,18H,10-11H2,1-2H3,(H,22,26)/b13-9+/t14-,18+/m1/s1. The van der Waals surface area contributed by atoms with Crippen molar-refractivity contribution >= 4 is 39.6 Å². The van der Waals surface area contributed by atoms with E-state index in [1.54, 1.807) is 28.4 Å². The molecule has 1 aliphatic heterocycles. The molecule has 1 saturated heterocycles. The number of nitrogens with one attached hydrogen (secondary N) is 1. The predicted octanol–water partition coefficient (Wildman–Crippen LogP) is 3.57. The molecule has 144 valence electrons. The van der Waals surface area contributed by atoms with Gasteiger partial charge in [0.05, 0.1) is 11.4 Å². The van der Waals surface area contributed by atoms with Gasteiger partial charge in [-0.15, -0.1) is 0 Å². The molecule has 3 aromatic rings. The Morgan fingerprint density at radius 2 is 2.11 bits per heavy atom. The maximum absolute atomic E-state index is 12.7. The first-order valence-corrected chi connectivity index (χ1v) is 10.1. The Bertz CT molecular complexity index is 1040. The van der Waals surface area contributed by atoms with Gasteiger partial charge in [0.25, 0.3) is 5.91 Å². The van der Waals surface area contributed by atoms with E-state index in [2.05, 4.69) is 10.5 Å². The largest absolute Gasteiger partial charge is 0.350 e. The van der Waals surface area contributed by atoms with Gasteiger partial charge in [0.15, 0.2) is 0 Å². The first-order valence-electron chi connectivity index (χ1n) is 9.18. The maximum Gasteiger partial charge on any atom is 0.290 e. The van der Waals surface area contributed by atoms with E-state index in [1.165, 1.54) is 0 Å². The van der Waals surface area contributed by atoms with Crippen LogP contribution in [-0.2, 0) is 4.79 Å². The molecule has 7 heteroatoms. The first-order chi connectivity index (χ1) is 13.5. The van der Waals surface area contributed by atoms with Crippen LogP contribution in [0.1, 0.15) is 30.0 Å². The topological polar surface area (TPSA) is 75.4 Å². The number of aromatic nitrogens is 1. The van der Waals surface area contributed by atoms with E-state index in [9.17, 15) is 9.59 Å². The normalized spacial score (nSPS) is 19.9. The SMILES string of the molecule is C/C(=C\C(=O)N1C[C@@H](C)[C@@H](NC(=O)c2onc3ccccc23)C1)c1ccsc1. The number of allylic oxidation sites excluding steroid dienone is 1. The van der Waals surface area contributed by atoms with E-state index in [-0.39, 0.29) is 29.5 Å². The van der Waals surface area contributed by atoms with Crippen LogP contribution in [0.5, 0.6) is 0 Å². The Kier molecular flexibility index (Phi) is 5.00. The minimum absolute atomic E-state index is 0.0302. The quantitative estimate of drug-likeness (QED) is 0.685. The monoisotopic (exact) mass is 395 g/mol. The summed E-state index contributed by atoms with van der Waals surface area (Å²) in [5.74, 6) is 0.0278. The zero-order valence-corrected chi connectivity index (χ0v) is 16.5. The smallest absolute Gasteiger partial charge is 0.290 e. The van der Waals surface area contributed by atoms with Gasteiger partial charge in [-0.05, 0) is 52.9 Å². The fourth-order valence-corrected chi connectivity index (χ4v) is 4.19. The van der Waals surface area contributed by atoms with Crippen molar-refractivity contribution in [3.63, 3.8) is 0 Å². The number of carbonyl (C=O) groups is 2. The van der Waals surface area contributed by atoms with Crippen molar-refractivity contribution in [1.82, 2.24) is 15.4 Å². The van der Waals surface area contributed by atoms with Crippen LogP contribution in [0.25, 0.3) is 16.5 Å². The highest BCUT2D eigenvalue weighted by Crippen LogP contribution is 2.22. The summed E-state index contributed by atoms with van der Waals surface area (Å²) in [6.07, 6.45) is 1.67. The molecule has 0 bridgehead atoms. The molecule has 4 rings (SSSR count). The Hall–Kier alpha value is -2.93. The van der Waals surface area contributed by atoms with E-state index in [0.29, 0.717) is 24.0 Å². The summed E-state index contributed by atoms with van der Waals surface area (Å²) in [4.78, 5) is 27.1. The molecular weight excluding hydrogens is 374 g/mol. The van der Waals surface area contributed by atoms with Crippen molar-refractivity contribution in [1.29, 1.82) is 0 Å². The fraction of sp³-hybridized carbons (Fsp3) is 0.286. The summed E-state index contributed by atoms with van der Waals surface area (Å²) in [6.45, 7) is 5.06. The molecule has 3 heterocycles. The van der Waals surface area contributed by atoms with Crippen LogP contribution in [0.4, 0.5) is 0 Å². The van der Waals surface area contributed by atoms with Gasteiger partial charge >= 0.3 is 0 Å². The molecule has 28 heavy (non-hydrogen) atoms. The highest BCUT2D eigenvalue weighted by Gasteiger charge is 2.33. The van der Waals surface area contributed by atoms with Crippen molar-refractivity contribution in [3.05, 3.63) is 58.5 Å². The summed E-state index contributed by atoms with van der Waals surface area (Å²) in [5.41, 5.74) is 2.66. The number of hydrogen-bond acceptors (Lipinski definition) is 5. The van der Waals surface area contributed by atoms with E-state index in [1.807, 2.05) is 48.9 Å². The molecule has 0 spiro atoms. The van der Waals surface area contributed by atoms with Gasteiger partial charge in [0.2, 0.25) is 11.7 Å². The zero-order chi connectivity index (χ0) is 19.7.